The lowest BCUT2D eigenvalue weighted by Crippen LogP contribution is -2.85. The van der Waals surface area contributed by atoms with Crippen LogP contribution in [-0.2, 0) is 30.4 Å². The van der Waals surface area contributed by atoms with Crippen LogP contribution in [0.5, 0.6) is 0 Å². The second kappa shape index (κ2) is 13.6. The fourth-order valence-corrected chi connectivity index (χ4v) is 5.70. The summed E-state index contributed by atoms with van der Waals surface area (Å²) in [6, 6.07) is 19.3. The van der Waals surface area contributed by atoms with Crippen LogP contribution in [0.25, 0.3) is 10.9 Å². The number of nitrogens with two attached hydrogens (primary N) is 1. The van der Waals surface area contributed by atoms with Crippen molar-refractivity contribution in [1.82, 2.24) is 10.3 Å². The van der Waals surface area contributed by atoms with Gasteiger partial charge < -0.3 is 20.6 Å². The zero-order chi connectivity index (χ0) is 31.3. The molecule has 230 valence electrons. The normalized spacial score (nSPS) is 15.0. The van der Waals surface area contributed by atoms with E-state index in [0.29, 0.717) is 48.1 Å². The number of aromatic nitrogens is 1. The Morgan fingerprint density at radius 2 is 1.84 bits per heavy atom. The summed E-state index contributed by atoms with van der Waals surface area (Å²) in [5.74, 6) is -0.412. The third kappa shape index (κ3) is 7.26. The maximum Gasteiger partial charge on any atom is 0.416 e. The molecular formula is C34H36F3N4O3+. The van der Waals surface area contributed by atoms with Gasteiger partial charge in [0.25, 0.3) is 5.91 Å². The molecule has 2 heterocycles. The van der Waals surface area contributed by atoms with Crippen LogP contribution in [0.4, 0.5) is 18.9 Å². The molecule has 1 saturated heterocycles. The highest BCUT2D eigenvalue weighted by molar-refractivity contribution is 6.08. The van der Waals surface area contributed by atoms with Crippen molar-refractivity contribution in [3.05, 3.63) is 107 Å². The summed E-state index contributed by atoms with van der Waals surface area (Å²) in [4.78, 5) is 32.8. The quantitative estimate of drug-likeness (QED) is 0.236. The van der Waals surface area contributed by atoms with E-state index in [4.69, 9.17) is 0 Å². The van der Waals surface area contributed by atoms with E-state index in [1.54, 1.807) is 34.6 Å². The number of rotatable bonds is 11. The average Bonchev–Trinajstić information content (AvgIpc) is 3.45. The van der Waals surface area contributed by atoms with Gasteiger partial charge in [-0.25, -0.2) is 0 Å². The van der Waals surface area contributed by atoms with Gasteiger partial charge in [-0.1, -0.05) is 49.4 Å². The molecule has 2 atom stereocenters. The van der Waals surface area contributed by atoms with Gasteiger partial charge in [0.2, 0.25) is 5.91 Å². The van der Waals surface area contributed by atoms with Crippen molar-refractivity contribution in [2.45, 2.75) is 57.5 Å². The molecule has 4 aromatic rings. The van der Waals surface area contributed by atoms with Gasteiger partial charge in [-0.05, 0) is 60.7 Å². The minimum Gasteiger partial charge on any atom is -0.385 e. The number of aliphatic hydroxyl groups excluding tert-OH is 1. The van der Waals surface area contributed by atoms with Crippen molar-refractivity contribution in [1.29, 1.82) is 0 Å². The Morgan fingerprint density at radius 3 is 2.55 bits per heavy atom. The smallest absolute Gasteiger partial charge is 0.385 e. The molecule has 3 aromatic carbocycles. The predicted molar refractivity (Wildman–Crippen MR) is 162 cm³/mol. The number of amides is 2. The van der Waals surface area contributed by atoms with Crippen LogP contribution in [0.15, 0.2) is 79.0 Å². The number of aliphatic hydroxyl groups is 1. The highest BCUT2D eigenvalue weighted by Crippen LogP contribution is 2.32. The zero-order valence-corrected chi connectivity index (χ0v) is 24.5. The highest BCUT2D eigenvalue weighted by Gasteiger charge is 2.31. The van der Waals surface area contributed by atoms with Crippen LogP contribution >= 0.6 is 0 Å². The second-order valence-electron chi connectivity index (χ2n) is 11.1. The number of carbonyl (C=O) groups is 2. The lowest BCUT2D eigenvalue weighted by Gasteiger charge is -2.24. The largest absolute Gasteiger partial charge is 0.416 e. The molecule has 2 amide bonds. The Hall–Kier alpha value is -4.28. The molecule has 1 aliphatic rings. The molecule has 7 nitrogen and oxygen atoms in total. The molecule has 4 N–H and O–H groups in total. The third-order valence-electron chi connectivity index (χ3n) is 8.04. The van der Waals surface area contributed by atoms with Crippen molar-refractivity contribution in [3.63, 3.8) is 0 Å². The molecule has 0 spiro atoms. The molecule has 44 heavy (non-hydrogen) atoms. The number of quaternary nitrogens is 1. The number of alkyl halides is 3. The lowest BCUT2D eigenvalue weighted by atomic mass is 9.99. The van der Waals surface area contributed by atoms with Gasteiger partial charge in [0.15, 0.2) is 0 Å². The van der Waals surface area contributed by atoms with Gasteiger partial charge >= 0.3 is 6.18 Å². The first-order valence-corrected chi connectivity index (χ1v) is 14.9. The third-order valence-corrected chi connectivity index (χ3v) is 8.04. The van der Waals surface area contributed by atoms with Gasteiger partial charge in [-0.2, -0.15) is 13.2 Å². The number of carbonyl (C=O) groups excluding carboxylic acids is 2. The number of benzene rings is 3. The molecule has 5 rings (SSSR count). The maximum absolute atomic E-state index is 13.8. The van der Waals surface area contributed by atoms with E-state index in [1.165, 1.54) is 6.07 Å². The topological polar surface area (TPSA) is 99.1 Å². The molecule has 1 fully saturated rings. The molecule has 0 unspecified atom stereocenters. The van der Waals surface area contributed by atoms with Crippen LogP contribution in [0.3, 0.4) is 0 Å². The van der Waals surface area contributed by atoms with Crippen molar-refractivity contribution >= 4 is 28.4 Å². The zero-order valence-electron chi connectivity index (χ0n) is 24.5. The van der Waals surface area contributed by atoms with E-state index >= 15 is 0 Å². The van der Waals surface area contributed by atoms with Crippen molar-refractivity contribution in [2.75, 3.05) is 18.0 Å². The van der Waals surface area contributed by atoms with Gasteiger partial charge in [0, 0.05) is 35.7 Å². The number of aryl methyl sites for hydroxylation is 1. The average molecular weight is 606 g/mol. The van der Waals surface area contributed by atoms with Crippen LogP contribution in [0.2, 0.25) is 0 Å². The van der Waals surface area contributed by atoms with Crippen LogP contribution < -0.4 is 15.5 Å². The van der Waals surface area contributed by atoms with E-state index in [1.807, 2.05) is 43.3 Å². The van der Waals surface area contributed by atoms with Crippen LogP contribution in [0, 0.1) is 0 Å². The van der Waals surface area contributed by atoms with E-state index in [0.717, 1.165) is 35.1 Å². The number of nitrogens with zero attached hydrogens (tertiary/aromatic N) is 2. The molecule has 0 saturated carbocycles. The predicted octanol–water partition coefficient (Wildman–Crippen LogP) is 4.41. The standard InChI is InChI=1S/C34H35F3N4O3/c1-2-24-13-14-39-32-27(24)18-25(19-29(32)41-15-7-12-31(41)43)33(44)40-28(17-22-8-4-3-5-9-22)30(42)21-38-20-23-10-6-11-26(16-23)34(35,36)37/h3-6,8-11,13-14,16,18-19,28,30,38,42H,2,7,12,15,17,20-21H2,1H3,(H,40,44)/p+1/t28-,30+/m0/s1. The minimum absolute atomic E-state index is 0.0127. The first-order chi connectivity index (χ1) is 21.1. The molecule has 0 bridgehead atoms. The number of hydrogen-bond donors (Lipinski definition) is 3. The first-order valence-electron chi connectivity index (χ1n) is 14.9. The summed E-state index contributed by atoms with van der Waals surface area (Å²) < 4.78 is 39.4. The minimum atomic E-state index is -4.43. The highest BCUT2D eigenvalue weighted by atomic mass is 19.4. The number of halogens is 3. The number of hydrogen-bond acceptors (Lipinski definition) is 4. The van der Waals surface area contributed by atoms with E-state index in [-0.39, 0.29) is 19.0 Å². The van der Waals surface area contributed by atoms with E-state index < -0.39 is 29.8 Å². The Morgan fingerprint density at radius 1 is 1.07 bits per heavy atom. The Bertz CT molecular complexity index is 1630. The van der Waals surface area contributed by atoms with Crippen molar-refractivity contribution in [3.8, 4) is 0 Å². The van der Waals surface area contributed by atoms with Gasteiger partial charge in [0.05, 0.1) is 22.8 Å². The van der Waals surface area contributed by atoms with Crippen LogP contribution in [-0.4, -0.2) is 47.1 Å². The molecule has 0 aliphatic carbocycles. The number of pyridine rings is 1. The molecule has 1 aliphatic heterocycles. The summed E-state index contributed by atoms with van der Waals surface area (Å²) in [7, 11) is 0. The summed E-state index contributed by atoms with van der Waals surface area (Å²) in [5, 5.41) is 16.8. The molecule has 10 heteroatoms. The van der Waals surface area contributed by atoms with Gasteiger partial charge in [0.1, 0.15) is 19.2 Å². The molecule has 1 aromatic heterocycles. The summed E-state index contributed by atoms with van der Waals surface area (Å²) >= 11 is 0. The number of fused-ring (bicyclic) bond motifs is 1. The first kappa shape index (κ1) is 31.2. The fraction of sp³-hybridized carbons (Fsp3) is 0.324. The van der Waals surface area contributed by atoms with E-state index in [2.05, 4.69) is 10.3 Å². The fourth-order valence-electron chi connectivity index (χ4n) is 5.70. The Kier molecular flexibility index (Phi) is 9.61. The van der Waals surface area contributed by atoms with Crippen LogP contribution in [0.1, 0.15) is 52.4 Å². The summed E-state index contributed by atoms with van der Waals surface area (Å²) in [5.41, 5.74) is 3.30. The monoisotopic (exact) mass is 605 g/mol. The van der Waals surface area contributed by atoms with Gasteiger partial charge in [-0.3, -0.25) is 14.6 Å². The number of nitrogens with one attached hydrogen (secondary N) is 1. The lowest BCUT2D eigenvalue weighted by molar-refractivity contribution is -0.676. The van der Waals surface area contributed by atoms with Crippen molar-refractivity contribution < 1.29 is 33.2 Å². The summed E-state index contributed by atoms with van der Waals surface area (Å²) in [6.07, 6.45) is -1.49. The molecule has 0 radical (unpaired) electrons. The summed E-state index contributed by atoms with van der Waals surface area (Å²) in [6.45, 7) is 2.96. The Labute approximate surface area is 254 Å². The molecular weight excluding hydrogens is 569 g/mol. The van der Waals surface area contributed by atoms with Crippen molar-refractivity contribution in [2.24, 2.45) is 0 Å². The van der Waals surface area contributed by atoms with Gasteiger partial charge in [-0.15, -0.1) is 0 Å². The SMILES string of the molecule is CCc1ccnc2c(N3CCCC3=O)cc(C(=O)N[C@@H](Cc3ccccc3)[C@H](O)C[NH2+]Cc3cccc(C(F)(F)F)c3)cc12. The Balaban J connectivity index is 1.38. The van der Waals surface area contributed by atoms with E-state index in [9.17, 15) is 27.9 Å². The second-order valence-corrected chi connectivity index (χ2v) is 11.1. The maximum atomic E-state index is 13.8. The number of anilines is 1.